The number of esters is 1. The summed E-state index contributed by atoms with van der Waals surface area (Å²) in [5.41, 5.74) is 1.11. The molecule has 27 heavy (non-hydrogen) atoms. The van der Waals surface area contributed by atoms with Crippen molar-refractivity contribution in [3.63, 3.8) is 0 Å². The molecule has 0 aromatic heterocycles. The third kappa shape index (κ3) is 3.73. The predicted octanol–water partition coefficient (Wildman–Crippen LogP) is 4.51. The Bertz CT molecular complexity index is 883. The van der Waals surface area contributed by atoms with Gasteiger partial charge in [-0.25, -0.2) is 18.0 Å². The van der Waals surface area contributed by atoms with Crippen LogP contribution in [0.15, 0.2) is 6.07 Å². The van der Waals surface area contributed by atoms with E-state index >= 15 is 0 Å². The quantitative estimate of drug-likeness (QED) is 0.188. The zero-order valence-corrected chi connectivity index (χ0v) is 14.8. The van der Waals surface area contributed by atoms with E-state index in [2.05, 4.69) is 4.74 Å². The fraction of sp³-hybridized carbons (Fsp3) is 0.278. The summed E-state index contributed by atoms with van der Waals surface area (Å²) in [5, 5.41) is 0. The van der Waals surface area contributed by atoms with E-state index in [-0.39, 0.29) is 12.4 Å². The molecule has 0 atom stereocenters. The molecule has 2 aromatic carbocycles. The zero-order chi connectivity index (χ0) is 20.5. The molecule has 0 bridgehead atoms. The fourth-order valence-electron chi connectivity index (χ4n) is 2.45. The standard InChI is InChI=1S/C18H15F5O4/c1-7-5-10(26-6-25-4)8(2)9(3)11(7)18(24)27-17-15(22)13(20)12(19)14(21)16(17)23/h5H,6H2,1-4H3. The molecule has 0 spiro atoms. The van der Waals surface area contributed by atoms with Gasteiger partial charge in [-0.2, -0.15) is 8.78 Å². The van der Waals surface area contributed by atoms with Crippen molar-refractivity contribution in [3.8, 4) is 11.5 Å². The maximum absolute atomic E-state index is 13.7. The lowest BCUT2D eigenvalue weighted by Gasteiger charge is -2.16. The highest BCUT2D eigenvalue weighted by molar-refractivity contribution is 5.95. The van der Waals surface area contributed by atoms with Crippen molar-refractivity contribution >= 4 is 5.97 Å². The zero-order valence-electron chi connectivity index (χ0n) is 14.8. The van der Waals surface area contributed by atoms with Gasteiger partial charge in [-0.15, -0.1) is 0 Å². The van der Waals surface area contributed by atoms with Gasteiger partial charge in [-0.1, -0.05) is 0 Å². The Hall–Kier alpha value is -2.68. The normalized spacial score (nSPS) is 10.9. The van der Waals surface area contributed by atoms with E-state index in [1.807, 2.05) is 0 Å². The van der Waals surface area contributed by atoms with Gasteiger partial charge in [0.25, 0.3) is 0 Å². The predicted molar refractivity (Wildman–Crippen MR) is 84.3 cm³/mol. The highest BCUT2D eigenvalue weighted by Gasteiger charge is 2.30. The summed E-state index contributed by atoms with van der Waals surface area (Å²) in [6.45, 7) is 4.60. The van der Waals surface area contributed by atoms with Gasteiger partial charge < -0.3 is 14.2 Å². The van der Waals surface area contributed by atoms with E-state index < -0.39 is 40.8 Å². The lowest BCUT2D eigenvalue weighted by molar-refractivity contribution is 0.0505. The van der Waals surface area contributed by atoms with Gasteiger partial charge in [0.1, 0.15) is 5.75 Å². The summed E-state index contributed by atoms with van der Waals surface area (Å²) in [6.07, 6.45) is 0. The summed E-state index contributed by atoms with van der Waals surface area (Å²) in [7, 11) is 1.42. The van der Waals surface area contributed by atoms with Crippen LogP contribution < -0.4 is 9.47 Å². The van der Waals surface area contributed by atoms with Crippen molar-refractivity contribution in [2.75, 3.05) is 13.9 Å². The van der Waals surface area contributed by atoms with Crippen LogP contribution >= 0.6 is 0 Å². The first kappa shape index (κ1) is 20.6. The van der Waals surface area contributed by atoms with Crippen molar-refractivity contribution in [1.82, 2.24) is 0 Å². The topological polar surface area (TPSA) is 44.8 Å². The lowest BCUT2D eigenvalue weighted by Crippen LogP contribution is -2.17. The average molecular weight is 390 g/mol. The molecule has 4 nitrogen and oxygen atoms in total. The highest BCUT2D eigenvalue weighted by atomic mass is 19.2. The van der Waals surface area contributed by atoms with E-state index in [4.69, 9.17) is 9.47 Å². The molecule has 146 valence electrons. The number of aryl methyl sites for hydroxylation is 1. The molecular weight excluding hydrogens is 375 g/mol. The lowest BCUT2D eigenvalue weighted by atomic mass is 9.97. The molecular formula is C18H15F5O4. The van der Waals surface area contributed by atoms with E-state index in [1.165, 1.54) is 27.0 Å². The number of carbonyl (C=O) groups is 1. The van der Waals surface area contributed by atoms with Gasteiger partial charge in [0.15, 0.2) is 6.79 Å². The number of ether oxygens (including phenoxy) is 3. The van der Waals surface area contributed by atoms with Crippen LogP contribution in [0.1, 0.15) is 27.0 Å². The Labute approximate surface area is 151 Å². The van der Waals surface area contributed by atoms with Crippen LogP contribution in [0.2, 0.25) is 0 Å². The van der Waals surface area contributed by atoms with Crippen LogP contribution in [-0.2, 0) is 4.74 Å². The van der Waals surface area contributed by atoms with Crippen LogP contribution in [0.3, 0.4) is 0 Å². The van der Waals surface area contributed by atoms with E-state index in [0.29, 0.717) is 22.4 Å². The molecule has 0 aliphatic heterocycles. The minimum atomic E-state index is -2.34. The van der Waals surface area contributed by atoms with Gasteiger partial charge in [0.2, 0.25) is 34.8 Å². The molecule has 0 unspecified atom stereocenters. The highest BCUT2D eigenvalue weighted by Crippen LogP contribution is 2.32. The Morgan fingerprint density at radius 2 is 1.41 bits per heavy atom. The Morgan fingerprint density at radius 1 is 0.889 bits per heavy atom. The first-order chi connectivity index (χ1) is 12.6. The third-order valence-electron chi connectivity index (χ3n) is 3.95. The van der Waals surface area contributed by atoms with E-state index in [1.54, 1.807) is 6.92 Å². The van der Waals surface area contributed by atoms with Gasteiger partial charge in [-0.3, -0.25) is 0 Å². The molecule has 0 heterocycles. The van der Waals surface area contributed by atoms with Crippen LogP contribution in [0.5, 0.6) is 11.5 Å². The SMILES string of the molecule is COCOc1cc(C)c(C(=O)Oc2c(F)c(F)c(F)c(F)c2F)c(C)c1C. The molecule has 0 aliphatic carbocycles. The second-order valence-electron chi connectivity index (χ2n) is 5.66. The molecule has 0 saturated heterocycles. The number of rotatable bonds is 5. The van der Waals surface area contributed by atoms with Crippen LogP contribution in [0.25, 0.3) is 0 Å². The largest absolute Gasteiger partial charge is 0.467 e. The van der Waals surface area contributed by atoms with Gasteiger partial charge in [0, 0.05) is 7.11 Å². The first-order valence-electron chi connectivity index (χ1n) is 7.57. The average Bonchev–Trinajstić information content (AvgIpc) is 2.63. The minimum absolute atomic E-state index is 0.0476. The van der Waals surface area contributed by atoms with Crippen molar-refractivity contribution < 1.29 is 41.0 Å². The Morgan fingerprint density at radius 3 is 1.93 bits per heavy atom. The Balaban J connectivity index is 2.48. The third-order valence-corrected chi connectivity index (χ3v) is 3.95. The second-order valence-corrected chi connectivity index (χ2v) is 5.66. The number of methoxy groups -OCH3 is 1. The smallest absolute Gasteiger partial charge is 0.344 e. The summed E-state index contributed by atoms with van der Waals surface area (Å²) in [4.78, 5) is 12.4. The number of benzene rings is 2. The molecule has 0 aliphatic rings. The summed E-state index contributed by atoms with van der Waals surface area (Å²) < 4.78 is 81.8. The molecule has 0 radical (unpaired) electrons. The number of hydrogen-bond donors (Lipinski definition) is 0. The van der Waals surface area contributed by atoms with Crippen molar-refractivity contribution in [2.24, 2.45) is 0 Å². The first-order valence-corrected chi connectivity index (χ1v) is 7.57. The van der Waals surface area contributed by atoms with Crippen molar-refractivity contribution in [1.29, 1.82) is 0 Å². The molecule has 0 N–H and O–H groups in total. The van der Waals surface area contributed by atoms with Crippen LogP contribution in [0.4, 0.5) is 22.0 Å². The molecule has 2 rings (SSSR count). The van der Waals surface area contributed by atoms with Gasteiger partial charge in [0.05, 0.1) is 5.56 Å². The molecule has 0 fully saturated rings. The molecule has 0 saturated carbocycles. The maximum Gasteiger partial charge on any atom is 0.344 e. The number of hydrogen-bond acceptors (Lipinski definition) is 4. The monoisotopic (exact) mass is 390 g/mol. The number of halogens is 5. The molecule has 2 aromatic rings. The van der Waals surface area contributed by atoms with Gasteiger partial charge in [-0.05, 0) is 43.5 Å². The second kappa shape index (κ2) is 7.91. The molecule has 9 heteroatoms. The van der Waals surface area contributed by atoms with Crippen LogP contribution in [-0.4, -0.2) is 19.9 Å². The summed E-state index contributed by atoms with van der Waals surface area (Å²) in [5.74, 6) is -13.7. The van der Waals surface area contributed by atoms with Gasteiger partial charge >= 0.3 is 5.97 Å². The van der Waals surface area contributed by atoms with Crippen LogP contribution in [0, 0.1) is 49.9 Å². The number of carbonyl (C=O) groups excluding carboxylic acids is 1. The molecule has 0 amide bonds. The summed E-state index contributed by atoms with van der Waals surface area (Å²) >= 11 is 0. The van der Waals surface area contributed by atoms with E-state index in [9.17, 15) is 26.7 Å². The maximum atomic E-state index is 13.7. The van der Waals surface area contributed by atoms with E-state index in [0.717, 1.165) is 0 Å². The van der Waals surface area contributed by atoms with Crippen molar-refractivity contribution in [2.45, 2.75) is 20.8 Å². The fourth-order valence-corrected chi connectivity index (χ4v) is 2.45. The Kier molecular flexibility index (Phi) is 6.04. The minimum Gasteiger partial charge on any atom is -0.467 e. The van der Waals surface area contributed by atoms with Crippen molar-refractivity contribution in [3.05, 3.63) is 57.4 Å². The summed E-state index contributed by atoms with van der Waals surface area (Å²) in [6, 6.07) is 1.47.